The highest BCUT2D eigenvalue weighted by Crippen LogP contribution is 2.37. The van der Waals surface area contributed by atoms with E-state index >= 15 is 0 Å². The lowest BCUT2D eigenvalue weighted by molar-refractivity contribution is 0.798. The molecule has 0 aromatic heterocycles. The Kier molecular flexibility index (Phi) is 8.15. The van der Waals surface area contributed by atoms with Gasteiger partial charge in [-0.15, -0.1) is 0 Å². The standard InChI is InChI=1S/C22H36Si/c1-4-7-11-19-14-15-20(18-19)21-12-10-13-22(21)23(16-8-5-2)17-9-6-3/h12-14,18,23H,4-11,15-17H2,1-3H3. The number of unbranched alkanes of at least 4 members (excludes halogenated alkanes) is 3. The lowest BCUT2D eigenvalue weighted by Crippen LogP contribution is -2.17. The fourth-order valence-corrected chi connectivity index (χ4v) is 7.84. The van der Waals surface area contributed by atoms with E-state index in [-0.39, 0.29) is 0 Å². The Morgan fingerprint density at radius 2 is 1.57 bits per heavy atom. The van der Waals surface area contributed by atoms with Gasteiger partial charge in [0.1, 0.15) is 0 Å². The largest absolute Gasteiger partial charge is 0.0812 e. The molecule has 0 unspecified atom stereocenters. The summed E-state index contributed by atoms with van der Waals surface area (Å²) in [4.78, 5) is 0. The van der Waals surface area contributed by atoms with E-state index in [2.05, 4.69) is 45.1 Å². The van der Waals surface area contributed by atoms with Gasteiger partial charge in [0.2, 0.25) is 0 Å². The Morgan fingerprint density at radius 3 is 2.22 bits per heavy atom. The first-order valence-corrected chi connectivity index (χ1v) is 12.3. The molecule has 2 rings (SSSR count). The molecular weight excluding hydrogens is 292 g/mol. The molecule has 0 amide bonds. The number of hydrogen-bond acceptors (Lipinski definition) is 0. The lowest BCUT2D eigenvalue weighted by atomic mass is 10.1. The Labute approximate surface area is 146 Å². The minimum atomic E-state index is -0.749. The van der Waals surface area contributed by atoms with Crippen molar-refractivity contribution in [3.8, 4) is 0 Å². The molecule has 0 aromatic rings. The van der Waals surface area contributed by atoms with Crippen LogP contribution in [0.2, 0.25) is 12.1 Å². The molecule has 23 heavy (non-hydrogen) atoms. The molecule has 0 N–H and O–H groups in total. The van der Waals surface area contributed by atoms with Gasteiger partial charge in [0.15, 0.2) is 0 Å². The fraction of sp³-hybridized carbons (Fsp3) is 0.636. The molecule has 0 atom stereocenters. The third kappa shape index (κ3) is 5.34. The zero-order valence-corrected chi connectivity index (χ0v) is 16.8. The van der Waals surface area contributed by atoms with E-state index in [4.69, 9.17) is 0 Å². The first-order valence-electron chi connectivity index (χ1n) is 10.1. The van der Waals surface area contributed by atoms with Crippen LogP contribution in [0.5, 0.6) is 0 Å². The van der Waals surface area contributed by atoms with Crippen molar-refractivity contribution in [2.24, 2.45) is 0 Å². The quantitative estimate of drug-likeness (QED) is 0.356. The number of rotatable bonds is 11. The SMILES string of the molecule is CCCCC1=CCC(C2=CCC=C2[SiH](CCCC)CCCC)=C1. The van der Waals surface area contributed by atoms with Crippen molar-refractivity contribution in [1.82, 2.24) is 0 Å². The highest BCUT2D eigenvalue weighted by Gasteiger charge is 2.24. The second-order valence-corrected chi connectivity index (χ2v) is 10.4. The predicted molar refractivity (Wildman–Crippen MR) is 108 cm³/mol. The topological polar surface area (TPSA) is 0 Å². The van der Waals surface area contributed by atoms with E-state index in [1.165, 1.54) is 69.9 Å². The maximum Gasteiger partial charge on any atom is 0.0712 e. The zero-order valence-electron chi connectivity index (χ0n) is 15.7. The van der Waals surface area contributed by atoms with E-state index in [0.717, 1.165) is 0 Å². The van der Waals surface area contributed by atoms with Crippen LogP contribution in [0.15, 0.2) is 46.2 Å². The van der Waals surface area contributed by atoms with Crippen LogP contribution in [0.3, 0.4) is 0 Å². The van der Waals surface area contributed by atoms with Crippen LogP contribution in [0.25, 0.3) is 0 Å². The van der Waals surface area contributed by atoms with Gasteiger partial charge < -0.3 is 0 Å². The summed E-state index contributed by atoms with van der Waals surface area (Å²) in [5.41, 5.74) is 4.89. The lowest BCUT2D eigenvalue weighted by Gasteiger charge is -2.20. The first kappa shape index (κ1) is 18.5. The highest BCUT2D eigenvalue weighted by molar-refractivity contribution is 6.68. The van der Waals surface area contributed by atoms with E-state index in [1.807, 2.05) is 5.20 Å². The maximum atomic E-state index is 2.59. The average Bonchev–Trinajstić information content (AvgIpc) is 3.22. The van der Waals surface area contributed by atoms with Gasteiger partial charge in [0.25, 0.3) is 0 Å². The molecule has 0 aliphatic heterocycles. The first-order chi connectivity index (χ1) is 11.3. The maximum absolute atomic E-state index is 2.59. The van der Waals surface area contributed by atoms with Crippen molar-refractivity contribution in [3.63, 3.8) is 0 Å². The molecule has 0 radical (unpaired) electrons. The summed E-state index contributed by atoms with van der Waals surface area (Å²) in [6, 6.07) is 3.03. The average molecular weight is 329 g/mol. The summed E-state index contributed by atoms with van der Waals surface area (Å²) in [6.45, 7) is 6.97. The zero-order chi connectivity index (χ0) is 16.5. The molecule has 0 saturated heterocycles. The van der Waals surface area contributed by atoms with Gasteiger partial charge in [0.05, 0.1) is 8.80 Å². The second-order valence-electron chi connectivity index (χ2n) is 7.25. The fourth-order valence-electron chi connectivity index (χ4n) is 3.92. The normalized spacial score (nSPS) is 17.4. The van der Waals surface area contributed by atoms with Crippen LogP contribution in [-0.2, 0) is 0 Å². The molecule has 1 heteroatoms. The Hall–Kier alpha value is -0.823. The van der Waals surface area contributed by atoms with E-state index in [9.17, 15) is 0 Å². The van der Waals surface area contributed by atoms with Crippen molar-refractivity contribution < 1.29 is 0 Å². The number of hydrogen-bond donors (Lipinski definition) is 0. The van der Waals surface area contributed by atoms with Crippen molar-refractivity contribution in [2.75, 3.05) is 0 Å². The predicted octanol–water partition coefficient (Wildman–Crippen LogP) is 7.06. The monoisotopic (exact) mass is 328 g/mol. The Morgan fingerprint density at radius 1 is 0.870 bits per heavy atom. The van der Waals surface area contributed by atoms with Crippen LogP contribution < -0.4 is 0 Å². The van der Waals surface area contributed by atoms with Crippen LogP contribution >= 0.6 is 0 Å². The van der Waals surface area contributed by atoms with Crippen LogP contribution in [0.4, 0.5) is 0 Å². The minimum Gasteiger partial charge on any atom is -0.0812 e. The highest BCUT2D eigenvalue weighted by atomic mass is 28.3. The number of allylic oxidation sites excluding steroid dienone is 8. The van der Waals surface area contributed by atoms with Crippen LogP contribution in [0.1, 0.15) is 78.6 Å². The molecule has 0 spiro atoms. The molecule has 0 heterocycles. The van der Waals surface area contributed by atoms with Crippen molar-refractivity contribution >= 4 is 8.80 Å². The molecule has 2 aliphatic rings. The van der Waals surface area contributed by atoms with Crippen molar-refractivity contribution in [1.29, 1.82) is 0 Å². The smallest absolute Gasteiger partial charge is 0.0712 e. The summed E-state index contributed by atoms with van der Waals surface area (Å²) >= 11 is 0. The van der Waals surface area contributed by atoms with Gasteiger partial charge >= 0.3 is 0 Å². The molecule has 128 valence electrons. The molecule has 2 aliphatic carbocycles. The van der Waals surface area contributed by atoms with Gasteiger partial charge in [-0.1, -0.05) is 100 Å². The van der Waals surface area contributed by atoms with Gasteiger partial charge in [-0.3, -0.25) is 0 Å². The molecule has 0 nitrogen and oxygen atoms in total. The van der Waals surface area contributed by atoms with Gasteiger partial charge in [-0.25, -0.2) is 0 Å². The van der Waals surface area contributed by atoms with E-state index in [1.54, 1.807) is 16.7 Å². The van der Waals surface area contributed by atoms with Crippen LogP contribution in [-0.4, -0.2) is 8.80 Å². The summed E-state index contributed by atoms with van der Waals surface area (Å²) in [5.74, 6) is 0. The molecule has 0 saturated carbocycles. The summed E-state index contributed by atoms with van der Waals surface area (Å²) < 4.78 is 0. The third-order valence-electron chi connectivity index (χ3n) is 5.33. The summed E-state index contributed by atoms with van der Waals surface area (Å²) in [7, 11) is -0.749. The van der Waals surface area contributed by atoms with Crippen molar-refractivity contribution in [2.45, 2.75) is 90.6 Å². The summed E-state index contributed by atoms with van der Waals surface area (Å²) in [6.07, 6.45) is 22.0. The van der Waals surface area contributed by atoms with Gasteiger partial charge in [0, 0.05) is 0 Å². The minimum absolute atomic E-state index is 0.749. The molecule has 0 bridgehead atoms. The second kappa shape index (κ2) is 10.1. The van der Waals surface area contributed by atoms with Gasteiger partial charge in [-0.05, 0) is 36.8 Å². The third-order valence-corrected chi connectivity index (χ3v) is 8.97. The summed E-state index contributed by atoms with van der Waals surface area (Å²) in [5, 5.41) is 1.82. The van der Waals surface area contributed by atoms with E-state index in [0.29, 0.717) is 0 Å². The Bertz CT molecular complexity index is 482. The Balaban J connectivity index is 2.03. The van der Waals surface area contributed by atoms with Crippen molar-refractivity contribution in [3.05, 3.63) is 46.2 Å². The van der Waals surface area contributed by atoms with Crippen LogP contribution in [0, 0.1) is 0 Å². The molecular formula is C22H36Si. The van der Waals surface area contributed by atoms with E-state index < -0.39 is 8.80 Å². The molecule has 0 aromatic carbocycles. The molecule has 0 fully saturated rings. The van der Waals surface area contributed by atoms with Gasteiger partial charge in [-0.2, -0.15) is 0 Å².